The molecule has 0 amide bonds. The summed E-state index contributed by atoms with van der Waals surface area (Å²) in [6, 6.07) is 6.24. The fourth-order valence-corrected chi connectivity index (χ4v) is 2.79. The van der Waals surface area contributed by atoms with Crippen molar-refractivity contribution in [2.24, 2.45) is 0 Å². The van der Waals surface area contributed by atoms with Gasteiger partial charge in [-0.2, -0.15) is 0 Å². The summed E-state index contributed by atoms with van der Waals surface area (Å²) in [4.78, 5) is 14.9. The van der Waals surface area contributed by atoms with Crippen LogP contribution < -0.4 is 0 Å². The fraction of sp³-hybridized carbons (Fsp3) is 0.562. The van der Waals surface area contributed by atoms with Crippen LogP contribution in [0.4, 0.5) is 4.39 Å². The van der Waals surface area contributed by atoms with Gasteiger partial charge in [-0.3, -0.25) is 9.69 Å². The van der Waals surface area contributed by atoms with Gasteiger partial charge < -0.3 is 0 Å². The van der Waals surface area contributed by atoms with E-state index in [4.69, 9.17) is 0 Å². The lowest BCUT2D eigenvalue weighted by atomic mass is 9.87. The van der Waals surface area contributed by atoms with Gasteiger partial charge >= 0.3 is 0 Å². The minimum atomic E-state index is -0.370. The minimum Gasteiger partial charge on any atom is -0.297 e. The lowest BCUT2D eigenvalue weighted by molar-refractivity contribution is -0.129. The lowest BCUT2D eigenvalue weighted by Gasteiger charge is -2.36. The summed E-state index contributed by atoms with van der Waals surface area (Å²) in [6.45, 7) is 6.14. The largest absolute Gasteiger partial charge is 0.297 e. The van der Waals surface area contributed by atoms with Gasteiger partial charge in [-0.15, -0.1) is 0 Å². The van der Waals surface area contributed by atoms with Crippen LogP contribution in [-0.4, -0.2) is 29.3 Å². The monoisotopic (exact) mass is 263 g/mol. The number of hydrogen-bond acceptors (Lipinski definition) is 2. The van der Waals surface area contributed by atoms with Gasteiger partial charge in [-0.25, -0.2) is 4.39 Å². The molecule has 104 valence electrons. The Labute approximate surface area is 114 Å². The molecule has 1 aliphatic heterocycles. The third-order valence-electron chi connectivity index (χ3n) is 4.37. The van der Waals surface area contributed by atoms with Crippen molar-refractivity contribution >= 4 is 5.78 Å². The second kappa shape index (κ2) is 5.83. The van der Waals surface area contributed by atoms with E-state index in [0.29, 0.717) is 6.42 Å². The van der Waals surface area contributed by atoms with Gasteiger partial charge in [0.25, 0.3) is 0 Å². The van der Waals surface area contributed by atoms with E-state index in [2.05, 4.69) is 11.8 Å². The predicted octanol–water partition coefficient (Wildman–Crippen LogP) is 3.20. The second-order valence-corrected chi connectivity index (χ2v) is 5.55. The molecule has 0 spiro atoms. The van der Waals surface area contributed by atoms with E-state index in [-0.39, 0.29) is 17.1 Å². The van der Waals surface area contributed by atoms with Crippen molar-refractivity contribution in [3.8, 4) is 0 Å². The molecule has 0 aromatic heterocycles. The molecule has 0 N–H and O–H groups in total. The zero-order valence-electron chi connectivity index (χ0n) is 11.8. The summed E-state index contributed by atoms with van der Waals surface area (Å²) in [5.41, 5.74) is 0.524. The van der Waals surface area contributed by atoms with Gasteiger partial charge in [0.15, 0.2) is 5.78 Å². The number of hydrogen-bond donors (Lipinski definition) is 0. The molecular formula is C16H22FNO. The molecule has 19 heavy (non-hydrogen) atoms. The number of ketones is 1. The summed E-state index contributed by atoms with van der Waals surface area (Å²) in [6.07, 6.45) is 3.58. The number of Topliss-reactive ketones (excluding diaryl/α,β-unsaturated/α-hetero) is 1. The van der Waals surface area contributed by atoms with E-state index in [0.717, 1.165) is 25.1 Å². The molecule has 0 saturated carbocycles. The number of nitrogens with zero attached hydrogens (tertiary/aromatic N) is 1. The Hall–Kier alpha value is -1.22. The first-order chi connectivity index (χ1) is 9.06. The predicted molar refractivity (Wildman–Crippen MR) is 74.6 cm³/mol. The highest BCUT2D eigenvalue weighted by Crippen LogP contribution is 2.26. The SMILES string of the molecule is CCC(C)(C(=O)Cc1ccc(F)cc1)N1CCCC1. The molecule has 1 aromatic rings. The fourth-order valence-electron chi connectivity index (χ4n) is 2.79. The summed E-state index contributed by atoms with van der Waals surface area (Å²) in [7, 11) is 0. The van der Waals surface area contributed by atoms with Crippen LogP contribution in [0.1, 0.15) is 38.7 Å². The van der Waals surface area contributed by atoms with Gasteiger partial charge in [-0.05, 0) is 57.0 Å². The van der Waals surface area contributed by atoms with E-state index >= 15 is 0 Å². The molecule has 2 rings (SSSR count). The molecule has 2 nitrogen and oxygen atoms in total. The Bertz CT molecular complexity index is 437. The Morgan fingerprint density at radius 3 is 2.37 bits per heavy atom. The zero-order chi connectivity index (χ0) is 13.9. The van der Waals surface area contributed by atoms with Crippen molar-refractivity contribution in [1.29, 1.82) is 0 Å². The maximum Gasteiger partial charge on any atom is 0.157 e. The third-order valence-corrected chi connectivity index (χ3v) is 4.37. The molecule has 0 aliphatic carbocycles. The minimum absolute atomic E-state index is 0.239. The van der Waals surface area contributed by atoms with Gasteiger partial charge in [-0.1, -0.05) is 19.1 Å². The summed E-state index contributed by atoms with van der Waals surface area (Å²) < 4.78 is 12.9. The molecule has 0 radical (unpaired) electrons. The van der Waals surface area contributed by atoms with Crippen LogP contribution in [0.25, 0.3) is 0 Å². The van der Waals surface area contributed by atoms with Crippen LogP contribution in [0.2, 0.25) is 0 Å². The van der Waals surface area contributed by atoms with Gasteiger partial charge in [0.2, 0.25) is 0 Å². The first-order valence-electron chi connectivity index (χ1n) is 7.09. The van der Waals surface area contributed by atoms with Crippen LogP contribution in [0.5, 0.6) is 0 Å². The Morgan fingerprint density at radius 2 is 1.84 bits per heavy atom. The van der Waals surface area contributed by atoms with Crippen molar-refractivity contribution in [3.63, 3.8) is 0 Å². The van der Waals surface area contributed by atoms with Gasteiger partial charge in [0.1, 0.15) is 5.82 Å². The highest BCUT2D eigenvalue weighted by Gasteiger charge is 2.38. The number of benzene rings is 1. The molecule has 1 fully saturated rings. The quantitative estimate of drug-likeness (QED) is 0.813. The van der Waals surface area contributed by atoms with Gasteiger partial charge in [0.05, 0.1) is 5.54 Å². The first-order valence-corrected chi connectivity index (χ1v) is 7.09. The van der Waals surface area contributed by atoms with E-state index in [1.165, 1.54) is 25.0 Å². The normalized spacial score (nSPS) is 19.3. The van der Waals surface area contributed by atoms with Crippen LogP contribution in [0, 0.1) is 5.82 Å². The number of carbonyl (C=O) groups excluding carboxylic acids is 1. The molecule has 1 atom stereocenters. The number of halogens is 1. The molecule has 1 saturated heterocycles. The van der Waals surface area contributed by atoms with Crippen LogP contribution >= 0.6 is 0 Å². The average Bonchev–Trinajstić information content (AvgIpc) is 2.95. The highest BCUT2D eigenvalue weighted by atomic mass is 19.1. The van der Waals surface area contributed by atoms with Crippen molar-refractivity contribution in [2.45, 2.75) is 45.1 Å². The van der Waals surface area contributed by atoms with E-state index in [1.807, 2.05) is 6.92 Å². The summed E-state index contributed by atoms with van der Waals surface area (Å²) in [5.74, 6) is -0.0162. The maximum atomic E-state index is 12.9. The topological polar surface area (TPSA) is 20.3 Å². The van der Waals surface area contributed by atoms with Crippen LogP contribution in [-0.2, 0) is 11.2 Å². The van der Waals surface area contributed by atoms with E-state index in [1.54, 1.807) is 12.1 Å². The molecule has 1 aliphatic rings. The molecule has 1 heterocycles. The van der Waals surface area contributed by atoms with Crippen LogP contribution in [0.3, 0.4) is 0 Å². The van der Waals surface area contributed by atoms with Gasteiger partial charge in [0, 0.05) is 6.42 Å². The molecular weight excluding hydrogens is 241 g/mol. The Morgan fingerprint density at radius 1 is 1.26 bits per heavy atom. The maximum absolute atomic E-state index is 12.9. The summed E-state index contributed by atoms with van der Waals surface area (Å²) in [5, 5.41) is 0. The van der Waals surface area contributed by atoms with E-state index < -0.39 is 0 Å². The number of rotatable bonds is 5. The smallest absolute Gasteiger partial charge is 0.157 e. The molecule has 1 unspecified atom stereocenters. The van der Waals surface area contributed by atoms with Crippen molar-refractivity contribution < 1.29 is 9.18 Å². The Kier molecular flexibility index (Phi) is 4.35. The Balaban J connectivity index is 2.10. The molecule has 1 aromatic carbocycles. The number of carbonyl (C=O) groups is 1. The third kappa shape index (κ3) is 3.03. The van der Waals surface area contributed by atoms with Crippen molar-refractivity contribution in [1.82, 2.24) is 4.90 Å². The standard InChI is InChI=1S/C16H22FNO/c1-3-16(2,18-10-4-5-11-18)15(19)12-13-6-8-14(17)9-7-13/h6-9H,3-5,10-12H2,1-2H3. The van der Waals surface area contributed by atoms with Crippen LogP contribution in [0.15, 0.2) is 24.3 Å². The molecule has 3 heteroatoms. The second-order valence-electron chi connectivity index (χ2n) is 5.55. The summed E-state index contributed by atoms with van der Waals surface area (Å²) >= 11 is 0. The lowest BCUT2D eigenvalue weighted by Crippen LogP contribution is -2.51. The van der Waals surface area contributed by atoms with E-state index in [9.17, 15) is 9.18 Å². The van der Waals surface area contributed by atoms with Crippen molar-refractivity contribution in [2.75, 3.05) is 13.1 Å². The number of likely N-dealkylation sites (tertiary alicyclic amines) is 1. The van der Waals surface area contributed by atoms with Crippen molar-refractivity contribution in [3.05, 3.63) is 35.6 Å². The average molecular weight is 263 g/mol. The zero-order valence-corrected chi connectivity index (χ0v) is 11.8. The first kappa shape index (κ1) is 14.2. The molecule has 0 bridgehead atoms. The highest BCUT2D eigenvalue weighted by molar-refractivity contribution is 5.89.